The Morgan fingerprint density at radius 3 is 2.72 bits per heavy atom. The van der Waals surface area contributed by atoms with Gasteiger partial charge in [0.15, 0.2) is 6.29 Å². The molecule has 3 rings (SSSR count). The van der Waals surface area contributed by atoms with Crippen molar-refractivity contribution in [3.05, 3.63) is 53.9 Å². The van der Waals surface area contributed by atoms with Gasteiger partial charge in [0.25, 0.3) is 0 Å². The van der Waals surface area contributed by atoms with Gasteiger partial charge in [-0.3, -0.25) is 4.79 Å². The Labute approximate surface area is 148 Å². The molecule has 1 aromatic heterocycles. The molecule has 4 nitrogen and oxygen atoms in total. The summed E-state index contributed by atoms with van der Waals surface area (Å²) in [6.45, 7) is 7.31. The molecule has 0 atom stereocenters. The second-order valence-electron chi connectivity index (χ2n) is 6.77. The van der Waals surface area contributed by atoms with E-state index in [2.05, 4.69) is 35.2 Å². The zero-order valence-corrected chi connectivity index (χ0v) is 14.9. The maximum absolute atomic E-state index is 11.4. The Morgan fingerprint density at radius 1 is 1.12 bits per heavy atom. The number of fused-ring (bicyclic) bond motifs is 1. The molecule has 4 heteroatoms. The SMILES string of the molecule is Cc1ccc(C=O)c(-c2ccc3ncnc(NCCC(C)C)c3c2)c1. The van der Waals surface area contributed by atoms with Crippen LogP contribution >= 0.6 is 0 Å². The minimum Gasteiger partial charge on any atom is -0.369 e. The number of carbonyl (C=O) groups is 1. The average Bonchev–Trinajstić information content (AvgIpc) is 2.61. The van der Waals surface area contributed by atoms with E-state index in [-0.39, 0.29) is 0 Å². The number of rotatable bonds is 6. The molecule has 3 aromatic rings. The quantitative estimate of drug-likeness (QED) is 0.654. The molecule has 2 aromatic carbocycles. The second kappa shape index (κ2) is 7.43. The van der Waals surface area contributed by atoms with Crippen LogP contribution in [-0.2, 0) is 0 Å². The maximum atomic E-state index is 11.4. The summed E-state index contributed by atoms with van der Waals surface area (Å²) in [5.74, 6) is 1.48. The first-order valence-electron chi connectivity index (χ1n) is 8.63. The summed E-state index contributed by atoms with van der Waals surface area (Å²) >= 11 is 0. The van der Waals surface area contributed by atoms with Gasteiger partial charge in [0.2, 0.25) is 0 Å². The average molecular weight is 333 g/mol. The topological polar surface area (TPSA) is 54.9 Å². The first-order valence-corrected chi connectivity index (χ1v) is 8.63. The van der Waals surface area contributed by atoms with Gasteiger partial charge in [-0.2, -0.15) is 0 Å². The van der Waals surface area contributed by atoms with E-state index in [1.807, 2.05) is 37.3 Å². The van der Waals surface area contributed by atoms with Crippen LogP contribution < -0.4 is 5.32 Å². The van der Waals surface area contributed by atoms with Crippen LogP contribution in [0.2, 0.25) is 0 Å². The fourth-order valence-electron chi connectivity index (χ4n) is 2.87. The zero-order valence-electron chi connectivity index (χ0n) is 14.9. The van der Waals surface area contributed by atoms with Gasteiger partial charge in [0.05, 0.1) is 5.52 Å². The van der Waals surface area contributed by atoms with Crippen molar-refractivity contribution in [3.63, 3.8) is 0 Å². The number of aryl methyl sites for hydroxylation is 1. The Hall–Kier alpha value is -2.75. The molecule has 0 bridgehead atoms. The molecule has 25 heavy (non-hydrogen) atoms. The van der Waals surface area contributed by atoms with Crippen LogP contribution in [-0.4, -0.2) is 22.8 Å². The molecule has 1 N–H and O–H groups in total. The first kappa shape index (κ1) is 17.1. The van der Waals surface area contributed by atoms with Gasteiger partial charge in [-0.25, -0.2) is 9.97 Å². The molecule has 128 valence electrons. The summed E-state index contributed by atoms with van der Waals surface area (Å²) in [7, 11) is 0. The van der Waals surface area contributed by atoms with E-state index >= 15 is 0 Å². The van der Waals surface area contributed by atoms with Gasteiger partial charge in [-0.15, -0.1) is 0 Å². The van der Waals surface area contributed by atoms with E-state index in [0.29, 0.717) is 11.5 Å². The summed E-state index contributed by atoms with van der Waals surface area (Å²) in [5.41, 5.74) is 4.65. The van der Waals surface area contributed by atoms with Gasteiger partial charge in [-0.05, 0) is 42.5 Å². The molecule has 0 amide bonds. The Balaban J connectivity index is 2.04. The van der Waals surface area contributed by atoms with E-state index in [1.165, 1.54) is 0 Å². The molecule has 0 unspecified atom stereocenters. The van der Waals surface area contributed by atoms with E-state index in [9.17, 15) is 4.79 Å². The largest absolute Gasteiger partial charge is 0.369 e. The summed E-state index contributed by atoms with van der Waals surface area (Å²) in [5, 5.41) is 4.39. The smallest absolute Gasteiger partial charge is 0.150 e. The first-order chi connectivity index (χ1) is 12.1. The number of benzene rings is 2. The molecular formula is C21H23N3O. The Morgan fingerprint density at radius 2 is 1.96 bits per heavy atom. The van der Waals surface area contributed by atoms with Gasteiger partial charge in [-0.1, -0.05) is 43.7 Å². The lowest BCUT2D eigenvalue weighted by Crippen LogP contribution is -2.07. The Bertz CT molecular complexity index is 903. The molecule has 0 saturated heterocycles. The monoisotopic (exact) mass is 333 g/mol. The van der Waals surface area contributed by atoms with E-state index in [0.717, 1.165) is 52.7 Å². The molecular weight excluding hydrogens is 310 g/mol. The molecule has 0 fully saturated rings. The minimum absolute atomic E-state index is 0.638. The van der Waals surface area contributed by atoms with Gasteiger partial charge >= 0.3 is 0 Å². The third-order valence-electron chi connectivity index (χ3n) is 4.30. The predicted molar refractivity (Wildman–Crippen MR) is 103 cm³/mol. The fourth-order valence-corrected chi connectivity index (χ4v) is 2.87. The van der Waals surface area contributed by atoms with Crippen molar-refractivity contribution < 1.29 is 4.79 Å². The number of nitrogens with zero attached hydrogens (tertiary/aromatic N) is 2. The van der Waals surface area contributed by atoms with Crippen molar-refractivity contribution in [2.75, 3.05) is 11.9 Å². The molecule has 0 saturated carbocycles. The highest BCUT2D eigenvalue weighted by Gasteiger charge is 2.09. The normalized spacial score (nSPS) is 11.0. The zero-order chi connectivity index (χ0) is 17.8. The van der Waals surface area contributed by atoms with Crippen LogP contribution in [0, 0.1) is 12.8 Å². The van der Waals surface area contributed by atoms with Gasteiger partial charge in [0.1, 0.15) is 12.1 Å². The van der Waals surface area contributed by atoms with Crippen LogP contribution in [0.4, 0.5) is 5.82 Å². The summed E-state index contributed by atoms with van der Waals surface area (Å²) in [6.07, 6.45) is 3.57. The van der Waals surface area contributed by atoms with Crippen LogP contribution in [0.25, 0.3) is 22.0 Å². The minimum atomic E-state index is 0.638. The van der Waals surface area contributed by atoms with Crippen molar-refractivity contribution >= 4 is 23.0 Å². The molecule has 0 aliphatic heterocycles. The van der Waals surface area contributed by atoms with Crippen molar-refractivity contribution in [1.82, 2.24) is 9.97 Å². The molecule has 0 aliphatic carbocycles. The van der Waals surface area contributed by atoms with E-state index in [4.69, 9.17) is 0 Å². The number of aromatic nitrogens is 2. The molecule has 0 radical (unpaired) electrons. The fraction of sp³-hybridized carbons (Fsp3) is 0.286. The predicted octanol–water partition coefficient (Wildman–Crippen LogP) is 4.88. The van der Waals surface area contributed by atoms with Crippen LogP contribution in [0.5, 0.6) is 0 Å². The van der Waals surface area contributed by atoms with E-state index in [1.54, 1.807) is 6.33 Å². The molecule has 0 aliphatic rings. The summed E-state index contributed by atoms with van der Waals surface area (Å²) in [6, 6.07) is 11.9. The highest BCUT2D eigenvalue weighted by molar-refractivity contribution is 5.95. The number of hydrogen-bond acceptors (Lipinski definition) is 4. The summed E-state index contributed by atoms with van der Waals surface area (Å²) in [4.78, 5) is 20.2. The van der Waals surface area contributed by atoms with Crippen LogP contribution in [0.1, 0.15) is 36.2 Å². The maximum Gasteiger partial charge on any atom is 0.150 e. The molecule has 0 spiro atoms. The van der Waals surface area contributed by atoms with Crippen molar-refractivity contribution in [2.45, 2.75) is 27.2 Å². The van der Waals surface area contributed by atoms with Crippen LogP contribution in [0.15, 0.2) is 42.7 Å². The van der Waals surface area contributed by atoms with Crippen LogP contribution in [0.3, 0.4) is 0 Å². The molecule has 1 heterocycles. The highest BCUT2D eigenvalue weighted by Crippen LogP contribution is 2.29. The number of aldehydes is 1. The van der Waals surface area contributed by atoms with Crippen molar-refractivity contribution in [2.24, 2.45) is 5.92 Å². The van der Waals surface area contributed by atoms with Crippen molar-refractivity contribution in [1.29, 1.82) is 0 Å². The number of hydrogen-bond donors (Lipinski definition) is 1. The number of carbonyl (C=O) groups excluding carboxylic acids is 1. The third-order valence-corrected chi connectivity index (χ3v) is 4.30. The standard InChI is InChI=1S/C21H23N3O/c1-14(2)8-9-22-21-19-11-16(6-7-20(19)23-13-24-21)18-10-15(3)4-5-17(18)12-25/h4-7,10-14H,8-9H2,1-3H3,(H,22,23,24). The lowest BCUT2D eigenvalue weighted by molar-refractivity contribution is 0.112. The van der Waals surface area contributed by atoms with Gasteiger partial charge in [0, 0.05) is 17.5 Å². The lowest BCUT2D eigenvalue weighted by atomic mass is 9.97. The second-order valence-corrected chi connectivity index (χ2v) is 6.77. The van der Waals surface area contributed by atoms with Crippen molar-refractivity contribution in [3.8, 4) is 11.1 Å². The lowest BCUT2D eigenvalue weighted by Gasteiger charge is -2.12. The van der Waals surface area contributed by atoms with E-state index < -0.39 is 0 Å². The highest BCUT2D eigenvalue weighted by atomic mass is 16.1. The third kappa shape index (κ3) is 3.85. The number of anilines is 1. The van der Waals surface area contributed by atoms with Gasteiger partial charge < -0.3 is 5.32 Å². The Kier molecular flexibility index (Phi) is 5.08. The summed E-state index contributed by atoms with van der Waals surface area (Å²) < 4.78 is 0. The number of nitrogens with one attached hydrogen (secondary N) is 1.